The molecule has 2 aliphatic rings. The zero-order chi connectivity index (χ0) is 12.4. The van der Waals surface area contributed by atoms with Gasteiger partial charge in [-0.25, -0.2) is 4.31 Å². The van der Waals surface area contributed by atoms with Gasteiger partial charge in [0.15, 0.2) is 0 Å². The van der Waals surface area contributed by atoms with Crippen LogP contribution in [0.1, 0.15) is 6.92 Å². The number of nitrogens with zero attached hydrogens (tertiary/aromatic N) is 2. The minimum Gasteiger partial charge on any atom is -0.383 e. The number of fused-ring (bicyclic) bond motifs is 1. The summed E-state index contributed by atoms with van der Waals surface area (Å²) in [5.41, 5.74) is 0. The molecule has 1 saturated heterocycles. The number of carbonyl (C=O) groups excluding carboxylic acids is 1. The maximum absolute atomic E-state index is 12.1. The van der Waals surface area contributed by atoms with Crippen molar-refractivity contribution < 1.29 is 9.53 Å². The maximum Gasteiger partial charge on any atom is 0.226 e. The van der Waals surface area contributed by atoms with Crippen LogP contribution >= 0.6 is 11.9 Å². The molecule has 5 heteroatoms. The summed E-state index contributed by atoms with van der Waals surface area (Å²) in [7, 11) is 3.55. The molecule has 1 amide bonds. The molecule has 1 heterocycles. The van der Waals surface area contributed by atoms with E-state index >= 15 is 0 Å². The lowest BCUT2D eigenvalue weighted by Crippen LogP contribution is -2.34. The van der Waals surface area contributed by atoms with Crippen molar-refractivity contribution in [2.75, 3.05) is 46.2 Å². The zero-order valence-electron chi connectivity index (χ0n) is 10.9. The van der Waals surface area contributed by atoms with Gasteiger partial charge in [0.25, 0.3) is 0 Å². The first-order valence-electron chi connectivity index (χ1n) is 6.30. The first kappa shape index (κ1) is 13.2. The van der Waals surface area contributed by atoms with Crippen LogP contribution in [0.2, 0.25) is 0 Å². The number of methoxy groups -OCH3 is 1. The molecule has 1 aliphatic carbocycles. The number of hydrogen-bond donors (Lipinski definition) is 0. The summed E-state index contributed by atoms with van der Waals surface area (Å²) in [6.07, 6.45) is 0. The van der Waals surface area contributed by atoms with E-state index in [2.05, 4.69) is 11.2 Å². The summed E-state index contributed by atoms with van der Waals surface area (Å²) in [6, 6.07) is 0. The van der Waals surface area contributed by atoms with E-state index in [1.54, 1.807) is 7.11 Å². The van der Waals surface area contributed by atoms with Crippen LogP contribution in [-0.2, 0) is 9.53 Å². The van der Waals surface area contributed by atoms with Crippen LogP contribution in [-0.4, -0.2) is 61.3 Å². The van der Waals surface area contributed by atoms with Crippen LogP contribution in [0.15, 0.2) is 0 Å². The summed E-state index contributed by atoms with van der Waals surface area (Å²) >= 11 is 1.90. The van der Waals surface area contributed by atoms with Gasteiger partial charge < -0.3 is 9.64 Å². The van der Waals surface area contributed by atoms with E-state index in [0.717, 1.165) is 18.8 Å². The Morgan fingerprint density at radius 1 is 1.47 bits per heavy atom. The number of rotatable bonds is 6. The molecule has 0 aromatic heterocycles. The van der Waals surface area contributed by atoms with E-state index in [4.69, 9.17) is 4.74 Å². The number of carbonyl (C=O) groups is 1. The molecule has 4 nitrogen and oxygen atoms in total. The molecule has 0 aromatic rings. The third-order valence-corrected chi connectivity index (χ3v) is 4.69. The van der Waals surface area contributed by atoms with Crippen LogP contribution in [0.5, 0.6) is 0 Å². The van der Waals surface area contributed by atoms with E-state index in [0.29, 0.717) is 36.8 Å². The molecule has 98 valence electrons. The minimum atomic E-state index is 0.297. The Morgan fingerprint density at radius 2 is 2.12 bits per heavy atom. The van der Waals surface area contributed by atoms with Crippen LogP contribution in [0.4, 0.5) is 0 Å². The molecular weight excluding hydrogens is 236 g/mol. The molecule has 17 heavy (non-hydrogen) atoms. The summed E-state index contributed by atoms with van der Waals surface area (Å²) in [4.78, 5) is 14.0. The highest BCUT2D eigenvalue weighted by Gasteiger charge is 2.59. The van der Waals surface area contributed by atoms with Gasteiger partial charge in [-0.3, -0.25) is 4.79 Å². The van der Waals surface area contributed by atoms with Crippen molar-refractivity contribution in [1.82, 2.24) is 9.21 Å². The Morgan fingerprint density at radius 3 is 2.65 bits per heavy atom. The average molecular weight is 258 g/mol. The molecule has 0 N–H and O–H groups in total. The largest absolute Gasteiger partial charge is 0.383 e. The topological polar surface area (TPSA) is 32.8 Å². The molecule has 0 bridgehead atoms. The van der Waals surface area contributed by atoms with Crippen LogP contribution in [0, 0.1) is 17.8 Å². The van der Waals surface area contributed by atoms with E-state index in [-0.39, 0.29) is 0 Å². The second-order valence-electron chi connectivity index (χ2n) is 4.87. The molecule has 0 radical (unpaired) electrons. The van der Waals surface area contributed by atoms with E-state index < -0.39 is 0 Å². The van der Waals surface area contributed by atoms with Gasteiger partial charge in [-0.2, -0.15) is 0 Å². The molecule has 0 aromatic carbocycles. The first-order chi connectivity index (χ1) is 8.19. The molecule has 1 saturated carbocycles. The second kappa shape index (κ2) is 5.59. The SMILES string of the molecule is CCSN1CC2C(C(=O)N(C)CCOC)[C@H]2C1. The standard InChI is InChI=1S/C12H22N2O2S/c1-4-17-14-7-9-10(8-14)11(9)12(15)13(2)5-6-16-3/h9-11H,4-8H2,1-3H3/t9-,10?,11?/m0/s1. The van der Waals surface area contributed by atoms with E-state index in [1.807, 2.05) is 23.9 Å². The Bertz CT molecular complexity index is 276. The molecule has 0 spiro atoms. The fourth-order valence-electron chi connectivity index (χ4n) is 2.73. The van der Waals surface area contributed by atoms with Crippen molar-refractivity contribution in [1.29, 1.82) is 0 Å². The van der Waals surface area contributed by atoms with Crippen molar-refractivity contribution in [2.24, 2.45) is 17.8 Å². The third-order valence-electron chi connectivity index (χ3n) is 3.76. The predicted molar refractivity (Wildman–Crippen MR) is 69.7 cm³/mol. The van der Waals surface area contributed by atoms with Gasteiger partial charge in [-0.1, -0.05) is 18.9 Å². The van der Waals surface area contributed by atoms with Gasteiger partial charge in [0.1, 0.15) is 0 Å². The lowest BCUT2D eigenvalue weighted by molar-refractivity contribution is -0.132. The fraction of sp³-hybridized carbons (Fsp3) is 0.917. The Balaban J connectivity index is 1.75. The Kier molecular flexibility index (Phi) is 4.33. The number of ether oxygens (including phenoxy) is 1. The Labute approximate surface area is 108 Å². The second-order valence-corrected chi connectivity index (χ2v) is 6.22. The van der Waals surface area contributed by atoms with Gasteiger partial charge in [0, 0.05) is 45.5 Å². The molecule has 2 fully saturated rings. The van der Waals surface area contributed by atoms with Crippen LogP contribution in [0.25, 0.3) is 0 Å². The van der Waals surface area contributed by atoms with Crippen molar-refractivity contribution in [3.05, 3.63) is 0 Å². The third kappa shape index (κ3) is 2.77. The van der Waals surface area contributed by atoms with Crippen molar-refractivity contribution >= 4 is 17.9 Å². The molecule has 2 unspecified atom stereocenters. The highest BCUT2D eigenvalue weighted by Crippen LogP contribution is 2.53. The quantitative estimate of drug-likeness (QED) is 0.664. The lowest BCUT2D eigenvalue weighted by atomic mass is 10.2. The van der Waals surface area contributed by atoms with Gasteiger partial charge >= 0.3 is 0 Å². The van der Waals surface area contributed by atoms with Crippen molar-refractivity contribution in [3.8, 4) is 0 Å². The van der Waals surface area contributed by atoms with Crippen molar-refractivity contribution in [3.63, 3.8) is 0 Å². The highest BCUT2D eigenvalue weighted by atomic mass is 32.2. The monoisotopic (exact) mass is 258 g/mol. The summed E-state index contributed by atoms with van der Waals surface area (Å²) in [5.74, 6) is 2.98. The van der Waals surface area contributed by atoms with Gasteiger partial charge in [0.05, 0.1) is 6.61 Å². The van der Waals surface area contributed by atoms with Crippen LogP contribution < -0.4 is 0 Å². The van der Waals surface area contributed by atoms with Gasteiger partial charge in [0.2, 0.25) is 5.91 Å². The minimum absolute atomic E-state index is 0.297. The maximum atomic E-state index is 12.1. The lowest BCUT2D eigenvalue weighted by Gasteiger charge is -2.20. The highest BCUT2D eigenvalue weighted by molar-refractivity contribution is 7.96. The first-order valence-corrected chi connectivity index (χ1v) is 7.25. The molecule has 3 atom stereocenters. The number of hydrogen-bond acceptors (Lipinski definition) is 4. The normalized spacial score (nSPS) is 31.4. The summed E-state index contributed by atoms with van der Waals surface area (Å²) in [6.45, 7) is 5.70. The zero-order valence-corrected chi connectivity index (χ0v) is 11.7. The Hall–Kier alpha value is -0.260. The summed E-state index contributed by atoms with van der Waals surface area (Å²) in [5, 5.41) is 0. The molecule has 1 aliphatic heterocycles. The summed E-state index contributed by atoms with van der Waals surface area (Å²) < 4.78 is 7.41. The van der Waals surface area contributed by atoms with E-state index in [1.165, 1.54) is 0 Å². The predicted octanol–water partition coefficient (Wildman–Crippen LogP) is 0.937. The number of amides is 1. The van der Waals surface area contributed by atoms with E-state index in [9.17, 15) is 4.79 Å². The van der Waals surface area contributed by atoms with Gasteiger partial charge in [-0.05, 0) is 11.8 Å². The molecular formula is C12H22N2O2S. The van der Waals surface area contributed by atoms with Crippen molar-refractivity contribution in [2.45, 2.75) is 6.92 Å². The van der Waals surface area contributed by atoms with Crippen LogP contribution in [0.3, 0.4) is 0 Å². The smallest absolute Gasteiger partial charge is 0.226 e. The molecule has 2 rings (SSSR count). The fourth-order valence-corrected chi connectivity index (χ4v) is 3.66. The average Bonchev–Trinajstić information content (AvgIpc) is 2.82. The number of piperidine rings is 1. The number of likely N-dealkylation sites (N-methyl/N-ethyl adjacent to an activating group) is 1. The van der Waals surface area contributed by atoms with Gasteiger partial charge in [-0.15, -0.1) is 0 Å².